The summed E-state index contributed by atoms with van der Waals surface area (Å²) in [5, 5.41) is 0.643. The van der Waals surface area contributed by atoms with E-state index in [4.69, 9.17) is 0 Å². The summed E-state index contributed by atoms with van der Waals surface area (Å²) in [6.07, 6.45) is 3.07. The van der Waals surface area contributed by atoms with E-state index in [1.165, 1.54) is 11.8 Å². The quantitative estimate of drug-likeness (QED) is 0.634. The second kappa shape index (κ2) is 7.64. The third-order valence-corrected chi connectivity index (χ3v) is 5.51. The maximum atomic E-state index is 12.9. The van der Waals surface area contributed by atoms with Gasteiger partial charge >= 0.3 is 0 Å². The SMILES string of the molecule is Cc1cc2nc(SCC(=O)N3CCCC3)n(CCC(C)C)c(=O)c2[nH]1. The minimum atomic E-state index is -0.0464. The molecule has 2 aromatic rings. The van der Waals surface area contributed by atoms with Crippen LogP contribution in [0.25, 0.3) is 11.0 Å². The molecular formula is C18H26N4O2S. The standard InChI is InChI=1S/C18H26N4O2S/c1-12(2)6-9-22-17(24)16-14(10-13(3)19-16)20-18(22)25-11-15(23)21-7-4-5-8-21/h10,12,19H,4-9,11H2,1-3H3. The molecule has 1 aliphatic heterocycles. The van der Waals surface area contributed by atoms with Gasteiger partial charge in [-0.1, -0.05) is 25.6 Å². The lowest BCUT2D eigenvalue weighted by Gasteiger charge is -2.16. The number of likely N-dealkylation sites (tertiary alicyclic amines) is 1. The van der Waals surface area contributed by atoms with Crippen molar-refractivity contribution in [3.05, 3.63) is 22.1 Å². The molecule has 0 saturated carbocycles. The molecule has 6 nitrogen and oxygen atoms in total. The average molecular weight is 362 g/mol. The first-order valence-electron chi connectivity index (χ1n) is 8.96. The maximum Gasteiger partial charge on any atom is 0.278 e. The van der Waals surface area contributed by atoms with Crippen molar-refractivity contribution in [1.82, 2.24) is 19.4 Å². The highest BCUT2D eigenvalue weighted by molar-refractivity contribution is 7.99. The third-order valence-electron chi connectivity index (χ3n) is 4.55. The topological polar surface area (TPSA) is 71.0 Å². The Kier molecular flexibility index (Phi) is 5.51. The molecule has 0 radical (unpaired) electrons. The number of hydrogen-bond acceptors (Lipinski definition) is 4. The van der Waals surface area contributed by atoms with Crippen molar-refractivity contribution in [1.29, 1.82) is 0 Å². The number of aromatic nitrogens is 3. The Morgan fingerprint density at radius 2 is 2.08 bits per heavy atom. The first-order chi connectivity index (χ1) is 12.0. The summed E-state index contributed by atoms with van der Waals surface area (Å²) in [7, 11) is 0. The molecule has 3 rings (SSSR count). The molecule has 1 aliphatic rings. The first-order valence-corrected chi connectivity index (χ1v) is 9.95. The normalized spacial score (nSPS) is 14.8. The van der Waals surface area contributed by atoms with Crippen molar-refractivity contribution in [2.75, 3.05) is 18.8 Å². The van der Waals surface area contributed by atoms with Crippen LogP contribution in [0, 0.1) is 12.8 Å². The van der Waals surface area contributed by atoms with E-state index in [0.717, 1.165) is 38.0 Å². The highest BCUT2D eigenvalue weighted by Gasteiger charge is 2.20. The van der Waals surface area contributed by atoms with Crippen molar-refractivity contribution < 1.29 is 4.79 Å². The van der Waals surface area contributed by atoms with E-state index in [-0.39, 0.29) is 11.5 Å². The molecule has 0 aliphatic carbocycles. The van der Waals surface area contributed by atoms with Gasteiger partial charge in [-0.2, -0.15) is 0 Å². The van der Waals surface area contributed by atoms with Crippen LogP contribution in [0.4, 0.5) is 0 Å². The lowest BCUT2D eigenvalue weighted by molar-refractivity contribution is -0.127. The maximum absolute atomic E-state index is 12.9. The fraction of sp³-hybridized carbons (Fsp3) is 0.611. The van der Waals surface area contributed by atoms with Gasteiger partial charge in [-0.3, -0.25) is 14.2 Å². The number of carbonyl (C=O) groups is 1. The molecule has 0 unspecified atom stereocenters. The minimum Gasteiger partial charge on any atom is -0.353 e. The van der Waals surface area contributed by atoms with E-state index in [0.29, 0.717) is 34.4 Å². The van der Waals surface area contributed by atoms with Crippen molar-refractivity contribution >= 4 is 28.7 Å². The minimum absolute atomic E-state index is 0.0464. The molecule has 1 saturated heterocycles. The number of nitrogens with zero attached hydrogens (tertiary/aromatic N) is 3. The van der Waals surface area contributed by atoms with Gasteiger partial charge in [0, 0.05) is 25.3 Å². The number of fused-ring (bicyclic) bond motifs is 1. The van der Waals surface area contributed by atoms with E-state index < -0.39 is 0 Å². The van der Waals surface area contributed by atoms with Gasteiger partial charge in [0.05, 0.1) is 11.3 Å². The van der Waals surface area contributed by atoms with Crippen LogP contribution in [0.1, 0.15) is 38.8 Å². The smallest absolute Gasteiger partial charge is 0.278 e. The predicted molar refractivity (Wildman–Crippen MR) is 101 cm³/mol. The van der Waals surface area contributed by atoms with Crippen LogP contribution in [0.3, 0.4) is 0 Å². The van der Waals surface area contributed by atoms with Crippen LogP contribution in [-0.4, -0.2) is 44.2 Å². The molecule has 1 fully saturated rings. The summed E-state index contributed by atoms with van der Waals surface area (Å²) in [5.41, 5.74) is 2.11. The average Bonchev–Trinajstić information content (AvgIpc) is 3.20. The molecule has 0 aromatic carbocycles. The fourth-order valence-corrected chi connectivity index (χ4v) is 4.02. The van der Waals surface area contributed by atoms with Gasteiger partial charge in [0.1, 0.15) is 5.52 Å². The van der Waals surface area contributed by atoms with E-state index in [2.05, 4.69) is 23.8 Å². The molecule has 136 valence electrons. The molecule has 1 amide bonds. The van der Waals surface area contributed by atoms with Crippen molar-refractivity contribution in [2.45, 2.75) is 51.7 Å². The first kappa shape index (κ1) is 18.0. The molecular weight excluding hydrogens is 336 g/mol. The Balaban J connectivity index is 1.86. The molecule has 0 spiro atoms. The summed E-state index contributed by atoms with van der Waals surface area (Å²) in [5.74, 6) is 0.970. The Bertz CT molecular complexity index is 818. The molecule has 1 N–H and O–H groups in total. The van der Waals surface area contributed by atoms with E-state index in [9.17, 15) is 9.59 Å². The molecule has 0 bridgehead atoms. The van der Waals surface area contributed by atoms with Gasteiger partial charge < -0.3 is 9.88 Å². The van der Waals surface area contributed by atoms with Crippen LogP contribution in [0.15, 0.2) is 16.0 Å². The second-order valence-electron chi connectivity index (χ2n) is 7.12. The van der Waals surface area contributed by atoms with E-state index >= 15 is 0 Å². The summed E-state index contributed by atoms with van der Waals surface area (Å²) in [6, 6.07) is 1.88. The Hall–Kier alpha value is -1.76. The van der Waals surface area contributed by atoms with Crippen LogP contribution in [0.5, 0.6) is 0 Å². The van der Waals surface area contributed by atoms with Crippen LogP contribution in [0.2, 0.25) is 0 Å². The summed E-state index contributed by atoms with van der Waals surface area (Å²) in [4.78, 5) is 34.9. The van der Waals surface area contributed by atoms with E-state index in [1.54, 1.807) is 4.57 Å². The molecule has 25 heavy (non-hydrogen) atoms. The zero-order valence-corrected chi connectivity index (χ0v) is 16.0. The molecule has 0 atom stereocenters. The van der Waals surface area contributed by atoms with Crippen LogP contribution < -0.4 is 5.56 Å². The molecule has 3 heterocycles. The number of aromatic amines is 1. The monoisotopic (exact) mass is 362 g/mol. The third kappa shape index (κ3) is 4.08. The lowest BCUT2D eigenvalue weighted by atomic mass is 10.1. The van der Waals surface area contributed by atoms with Gasteiger partial charge in [0.25, 0.3) is 5.56 Å². The summed E-state index contributed by atoms with van der Waals surface area (Å²) >= 11 is 1.38. The van der Waals surface area contributed by atoms with Crippen molar-refractivity contribution in [3.63, 3.8) is 0 Å². The van der Waals surface area contributed by atoms with Gasteiger partial charge in [-0.25, -0.2) is 4.98 Å². The van der Waals surface area contributed by atoms with Crippen molar-refractivity contribution in [2.24, 2.45) is 5.92 Å². The van der Waals surface area contributed by atoms with Gasteiger partial charge in [-0.05, 0) is 38.2 Å². The number of rotatable bonds is 6. The Morgan fingerprint density at radius 1 is 1.36 bits per heavy atom. The Labute approximate surface area is 152 Å². The zero-order valence-electron chi connectivity index (χ0n) is 15.2. The van der Waals surface area contributed by atoms with Gasteiger partial charge in [0.2, 0.25) is 5.91 Å². The van der Waals surface area contributed by atoms with Crippen LogP contribution in [-0.2, 0) is 11.3 Å². The number of thioether (sulfide) groups is 1. The summed E-state index contributed by atoms with van der Waals surface area (Å²) < 4.78 is 1.72. The van der Waals surface area contributed by atoms with Crippen LogP contribution >= 0.6 is 11.8 Å². The number of amides is 1. The number of H-pyrrole nitrogens is 1. The number of aryl methyl sites for hydroxylation is 1. The predicted octanol–water partition coefficient (Wildman–Crippen LogP) is 2.79. The van der Waals surface area contributed by atoms with E-state index in [1.807, 2.05) is 17.9 Å². The molecule has 2 aromatic heterocycles. The lowest BCUT2D eigenvalue weighted by Crippen LogP contribution is -2.30. The number of nitrogens with one attached hydrogen (secondary N) is 1. The van der Waals surface area contributed by atoms with Gasteiger partial charge in [0.15, 0.2) is 5.16 Å². The fourth-order valence-electron chi connectivity index (χ4n) is 3.09. The second-order valence-corrected chi connectivity index (χ2v) is 8.07. The Morgan fingerprint density at radius 3 is 2.76 bits per heavy atom. The molecule has 7 heteroatoms. The number of carbonyl (C=O) groups excluding carboxylic acids is 1. The largest absolute Gasteiger partial charge is 0.353 e. The van der Waals surface area contributed by atoms with Gasteiger partial charge in [-0.15, -0.1) is 0 Å². The highest BCUT2D eigenvalue weighted by atomic mass is 32.2. The number of hydrogen-bond donors (Lipinski definition) is 1. The highest BCUT2D eigenvalue weighted by Crippen LogP contribution is 2.20. The summed E-state index contributed by atoms with van der Waals surface area (Å²) in [6.45, 7) is 8.52. The zero-order chi connectivity index (χ0) is 18.0. The van der Waals surface area contributed by atoms with Crippen molar-refractivity contribution in [3.8, 4) is 0 Å².